The first-order valence-corrected chi connectivity index (χ1v) is 6.66. The van der Waals surface area contributed by atoms with Gasteiger partial charge in [0.05, 0.1) is 0 Å². The number of aryl methyl sites for hydroxylation is 1. The summed E-state index contributed by atoms with van der Waals surface area (Å²) in [5, 5.41) is 0. The summed E-state index contributed by atoms with van der Waals surface area (Å²) in [5.41, 5.74) is 0.734. The fourth-order valence-corrected chi connectivity index (χ4v) is 2.29. The lowest BCUT2D eigenvalue weighted by Gasteiger charge is -1.94. The van der Waals surface area contributed by atoms with Crippen LogP contribution in [0.25, 0.3) is 11.1 Å². The van der Waals surface area contributed by atoms with E-state index in [4.69, 9.17) is 15.1 Å². The summed E-state index contributed by atoms with van der Waals surface area (Å²) in [6.45, 7) is 1.87. The van der Waals surface area contributed by atoms with E-state index in [1.807, 2.05) is 6.92 Å². The van der Waals surface area contributed by atoms with E-state index in [1.54, 1.807) is 12.1 Å². The van der Waals surface area contributed by atoms with Gasteiger partial charge in [0.15, 0.2) is 11.5 Å². The Morgan fingerprint density at radius 1 is 1.47 bits per heavy atom. The van der Waals surface area contributed by atoms with Crippen LogP contribution >= 0.6 is 10.7 Å². The summed E-state index contributed by atoms with van der Waals surface area (Å²) >= 11 is 0. The van der Waals surface area contributed by atoms with Crippen molar-refractivity contribution in [1.82, 2.24) is 4.98 Å². The second-order valence-corrected chi connectivity index (χ2v) is 5.54. The summed E-state index contributed by atoms with van der Waals surface area (Å²) in [5.74, 6) is 0.498. The fourth-order valence-electron chi connectivity index (χ4n) is 1.31. The molecule has 0 saturated heterocycles. The predicted octanol–water partition coefficient (Wildman–Crippen LogP) is 2.32. The lowest BCUT2D eigenvalue weighted by atomic mass is 10.3. The molecule has 1 aromatic heterocycles. The Balaban J connectivity index is 2.81. The van der Waals surface area contributed by atoms with E-state index in [9.17, 15) is 8.42 Å². The maximum absolute atomic E-state index is 11.2. The first-order chi connectivity index (χ1) is 7.02. The van der Waals surface area contributed by atoms with Crippen molar-refractivity contribution in [2.45, 2.75) is 18.2 Å². The Bertz CT molecular complexity index is 603. The van der Waals surface area contributed by atoms with Crippen molar-refractivity contribution >= 4 is 30.8 Å². The summed E-state index contributed by atoms with van der Waals surface area (Å²) in [4.78, 5) is 4.08. The van der Waals surface area contributed by atoms with Crippen LogP contribution in [0.2, 0.25) is 0 Å². The molecule has 0 radical (unpaired) electrons. The minimum absolute atomic E-state index is 0.0335. The molecule has 0 unspecified atom stereocenters. The maximum Gasteiger partial charge on any atom is 0.265 e. The van der Waals surface area contributed by atoms with E-state index in [0.29, 0.717) is 17.8 Å². The highest BCUT2D eigenvalue weighted by Gasteiger charge is 2.18. The molecule has 0 saturated carbocycles. The Morgan fingerprint density at radius 3 is 2.80 bits per heavy atom. The molecular weight excluding hydrogens is 238 g/mol. The van der Waals surface area contributed by atoms with Gasteiger partial charge in [0.1, 0.15) is 10.4 Å². The van der Waals surface area contributed by atoms with Crippen LogP contribution in [-0.2, 0) is 15.5 Å². The zero-order chi connectivity index (χ0) is 11.1. The number of rotatable bonds is 2. The van der Waals surface area contributed by atoms with Gasteiger partial charge in [-0.2, -0.15) is 0 Å². The third kappa shape index (κ3) is 1.85. The first kappa shape index (κ1) is 10.4. The number of hydrogen-bond acceptors (Lipinski definition) is 4. The van der Waals surface area contributed by atoms with Gasteiger partial charge < -0.3 is 4.42 Å². The summed E-state index contributed by atoms with van der Waals surface area (Å²) in [7, 11) is 1.49. The molecule has 0 fully saturated rings. The molecule has 6 heteroatoms. The van der Waals surface area contributed by atoms with Crippen molar-refractivity contribution < 1.29 is 12.8 Å². The second-order valence-electron chi connectivity index (χ2n) is 3.00. The van der Waals surface area contributed by atoms with Gasteiger partial charge in [0.25, 0.3) is 9.05 Å². The molecule has 0 aliphatic carbocycles. The van der Waals surface area contributed by atoms with E-state index in [2.05, 4.69) is 4.98 Å². The molecule has 1 heterocycles. The number of para-hydroxylation sites is 1. The second kappa shape index (κ2) is 3.50. The van der Waals surface area contributed by atoms with Gasteiger partial charge in [-0.15, -0.1) is 0 Å². The monoisotopic (exact) mass is 245 g/mol. The SMILES string of the molecule is CCc1nc2cccc(S(=O)(=O)Cl)c2o1. The van der Waals surface area contributed by atoms with Crippen LogP contribution in [0.3, 0.4) is 0 Å². The fraction of sp³-hybridized carbons (Fsp3) is 0.222. The third-order valence-electron chi connectivity index (χ3n) is 1.99. The molecule has 2 rings (SSSR count). The quantitative estimate of drug-likeness (QED) is 0.762. The van der Waals surface area contributed by atoms with Gasteiger partial charge in [0, 0.05) is 17.1 Å². The number of aromatic nitrogens is 1. The van der Waals surface area contributed by atoms with Crippen LogP contribution in [0.15, 0.2) is 27.5 Å². The van der Waals surface area contributed by atoms with Crippen LogP contribution in [0.5, 0.6) is 0 Å². The number of benzene rings is 1. The van der Waals surface area contributed by atoms with E-state index >= 15 is 0 Å². The van der Waals surface area contributed by atoms with Crippen molar-refractivity contribution in [2.24, 2.45) is 0 Å². The van der Waals surface area contributed by atoms with Gasteiger partial charge in [-0.25, -0.2) is 13.4 Å². The Labute approximate surface area is 91.3 Å². The lowest BCUT2D eigenvalue weighted by molar-refractivity contribution is 0.531. The van der Waals surface area contributed by atoms with Crippen molar-refractivity contribution in [3.63, 3.8) is 0 Å². The molecule has 0 spiro atoms. The molecule has 2 aromatic rings. The highest BCUT2D eigenvalue weighted by molar-refractivity contribution is 8.13. The minimum Gasteiger partial charge on any atom is -0.439 e. The van der Waals surface area contributed by atoms with Crippen molar-refractivity contribution in [3.8, 4) is 0 Å². The number of fused-ring (bicyclic) bond motifs is 1. The van der Waals surface area contributed by atoms with E-state index in [0.717, 1.165) is 0 Å². The van der Waals surface area contributed by atoms with Crippen molar-refractivity contribution in [2.75, 3.05) is 0 Å². The van der Waals surface area contributed by atoms with Gasteiger partial charge in [-0.05, 0) is 12.1 Å². The molecule has 1 aromatic carbocycles. The Hall–Kier alpha value is -1.07. The third-order valence-corrected chi connectivity index (χ3v) is 3.33. The summed E-state index contributed by atoms with van der Waals surface area (Å²) < 4.78 is 27.7. The Kier molecular flexibility index (Phi) is 2.44. The molecule has 0 atom stereocenters. The number of oxazole rings is 1. The average molecular weight is 246 g/mol. The predicted molar refractivity (Wildman–Crippen MR) is 56.4 cm³/mol. The first-order valence-electron chi connectivity index (χ1n) is 4.35. The topological polar surface area (TPSA) is 60.2 Å². The van der Waals surface area contributed by atoms with Crippen molar-refractivity contribution in [3.05, 3.63) is 24.1 Å². The zero-order valence-corrected chi connectivity index (χ0v) is 9.47. The van der Waals surface area contributed by atoms with E-state index in [-0.39, 0.29) is 10.5 Å². The average Bonchev–Trinajstić information content (AvgIpc) is 2.57. The molecular formula is C9H8ClNO3S. The smallest absolute Gasteiger partial charge is 0.265 e. The lowest BCUT2D eigenvalue weighted by Crippen LogP contribution is -1.90. The van der Waals surface area contributed by atoms with Crippen LogP contribution in [-0.4, -0.2) is 13.4 Å². The molecule has 0 bridgehead atoms. The summed E-state index contributed by atoms with van der Waals surface area (Å²) in [6, 6.07) is 4.67. The van der Waals surface area contributed by atoms with Gasteiger partial charge in [-0.3, -0.25) is 0 Å². The van der Waals surface area contributed by atoms with Crippen LogP contribution in [0.4, 0.5) is 0 Å². The minimum atomic E-state index is -3.79. The molecule has 0 N–H and O–H groups in total. The standard InChI is InChI=1S/C9H8ClNO3S/c1-2-8-11-6-4-3-5-7(9(6)14-8)15(10,12)13/h3-5H,2H2,1H3. The van der Waals surface area contributed by atoms with Crippen molar-refractivity contribution in [1.29, 1.82) is 0 Å². The maximum atomic E-state index is 11.2. The highest BCUT2D eigenvalue weighted by Crippen LogP contribution is 2.26. The Morgan fingerprint density at radius 2 is 2.20 bits per heavy atom. The molecule has 0 aliphatic heterocycles. The number of halogens is 1. The van der Waals surface area contributed by atoms with Crippen LogP contribution in [0.1, 0.15) is 12.8 Å². The molecule has 4 nitrogen and oxygen atoms in total. The van der Waals surface area contributed by atoms with Gasteiger partial charge >= 0.3 is 0 Å². The van der Waals surface area contributed by atoms with Crippen LogP contribution in [0, 0.1) is 0 Å². The highest BCUT2D eigenvalue weighted by atomic mass is 35.7. The molecule has 0 aliphatic rings. The normalized spacial score (nSPS) is 12.1. The molecule has 15 heavy (non-hydrogen) atoms. The van der Waals surface area contributed by atoms with E-state index < -0.39 is 9.05 Å². The van der Waals surface area contributed by atoms with Crippen LogP contribution < -0.4 is 0 Å². The van der Waals surface area contributed by atoms with Gasteiger partial charge in [-0.1, -0.05) is 13.0 Å². The molecule has 0 amide bonds. The zero-order valence-electron chi connectivity index (χ0n) is 7.90. The largest absolute Gasteiger partial charge is 0.439 e. The van der Waals surface area contributed by atoms with E-state index in [1.165, 1.54) is 6.07 Å². The number of nitrogens with zero attached hydrogens (tertiary/aromatic N) is 1. The number of hydrogen-bond donors (Lipinski definition) is 0. The molecule has 80 valence electrons. The van der Waals surface area contributed by atoms with Gasteiger partial charge in [0.2, 0.25) is 0 Å². The summed E-state index contributed by atoms with van der Waals surface area (Å²) in [6.07, 6.45) is 0.608.